The van der Waals surface area contributed by atoms with Gasteiger partial charge in [-0.1, -0.05) is 110 Å². The van der Waals surface area contributed by atoms with Gasteiger partial charge in [0.1, 0.15) is 12.4 Å². The number of rotatable bonds is 20. The SMILES string of the molecule is CCCCCCCCCCCCCCCCCCCC[n+]1ccn(CC)c1. The van der Waals surface area contributed by atoms with Crippen molar-refractivity contribution in [1.82, 2.24) is 4.57 Å². The van der Waals surface area contributed by atoms with Crippen LogP contribution in [-0.2, 0) is 13.1 Å². The highest BCUT2D eigenvalue weighted by Crippen LogP contribution is 2.14. The van der Waals surface area contributed by atoms with Gasteiger partial charge in [-0.3, -0.25) is 0 Å². The summed E-state index contributed by atoms with van der Waals surface area (Å²) in [6, 6.07) is 0. The number of hydrogen-bond acceptors (Lipinski definition) is 0. The fraction of sp³-hybridized carbons (Fsp3) is 0.880. The summed E-state index contributed by atoms with van der Waals surface area (Å²) in [7, 11) is 0. The van der Waals surface area contributed by atoms with E-state index in [4.69, 9.17) is 0 Å². The van der Waals surface area contributed by atoms with Gasteiger partial charge >= 0.3 is 0 Å². The number of hydrogen-bond donors (Lipinski definition) is 0. The van der Waals surface area contributed by atoms with Crippen LogP contribution in [0.2, 0.25) is 0 Å². The van der Waals surface area contributed by atoms with E-state index in [0.29, 0.717) is 0 Å². The molecule has 2 heteroatoms. The van der Waals surface area contributed by atoms with Crippen molar-refractivity contribution in [1.29, 1.82) is 0 Å². The van der Waals surface area contributed by atoms with E-state index >= 15 is 0 Å². The van der Waals surface area contributed by atoms with Crippen molar-refractivity contribution in [3.8, 4) is 0 Å². The molecule has 0 spiro atoms. The van der Waals surface area contributed by atoms with Crippen molar-refractivity contribution in [2.45, 2.75) is 143 Å². The molecular weight excluding hydrogens is 328 g/mol. The minimum Gasteiger partial charge on any atom is -0.237 e. The van der Waals surface area contributed by atoms with Gasteiger partial charge < -0.3 is 0 Å². The minimum absolute atomic E-state index is 1.08. The lowest BCUT2D eigenvalue weighted by Crippen LogP contribution is -2.30. The molecule has 0 bridgehead atoms. The van der Waals surface area contributed by atoms with Crippen LogP contribution >= 0.6 is 0 Å². The van der Waals surface area contributed by atoms with Gasteiger partial charge in [0.25, 0.3) is 0 Å². The third kappa shape index (κ3) is 14.9. The van der Waals surface area contributed by atoms with Crippen LogP contribution in [0.4, 0.5) is 0 Å². The van der Waals surface area contributed by atoms with E-state index in [1.807, 2.05) is 0 Å². The molecule has 2 nitrogen and oxygen atoms in total. The quantitative estimate of drug-likeness (QED) is 0.162. The Morgan fingerprint density at radius 3 is 1.33 bits per heavy atom. The molecule has 0 aliphatic heterocycles. The van der Waals surface area contributed by atoms with Crippen molar-refractivity contribution < 1.29 is 4.57 Å². The number of imidazole rings is 1. The standard InChI is InChI=1S/C25H49N2/c1-3-5-6-7-8-9-10-11-12-13-14-15-16-17-18-19-20-21-22-27-24-23-26(4-2)25-27/h23-25H,3-22H2,1-2H3/q+1. The van der Waals surface area contributed by atoms with Crippen LogP contribution in [0, 0.1) is 0 Å². The molecule has 1 aromatic heterocycles. The zero-order valence-electron chi connectivity index (χ0n) is 18.8. The van der Waals surface area contributed by atoms with Crippen molar-refractivity contribution in [3.63, 3.8) is 0 Å². The second-order valence-corrected chi connectivity index (χ2v) is 8.49. The second-order valence-electron chi connectivity index (χ2n) is 8.49. The number of aryl methyl sites for hydroxylation is 2. The lowest BCUT2D eigenvalue weighted by atomic mass is 10.0. The Balaban J connectivity index is 1.71. The summed E-state index contributed by atoms with van der Waals surface area (Å²) in [6.45, 7) is 6.76. The Kier molecular flexibility index (Phi) is 16.7. The Labute approximate surface area is 170 Å². The first-order valence-electron chi connectivity index (χ1n) is 12.4. The maximum Gasteiger partial charge on any atom is 0.243 e. The summed E-state index contributed by atoms with van der Waals surface area (Å²) in [5, 5.41) is 0. The van der Waals surface area contributed by atoms with Gasteiger partial charge in [-0.25, -0.2) is 9.13 Å². The highest BCUT2D eigenvalue weighted by atomic mass is 15.1. The molecule has 158 valence electrons. The van der Waals surface area contributed by atoms with E-state index in [1.54, 1.807) is 0 Å². The summed E-state index contributed by atoms with van der Waals surface area (Å²) in [5.74, 6) is 0. The molecule has 0 saturated carbocycles. The van der Waals surface area contributed by atoms with Crippen LogP contribution in [-0.4, -0.2) is 4.57 Å². The smallest absolute Gasteiger partial charge is 0.237 e. The van der Waals surface area contributed by atoms with Gasteiger partial charge in [-0.2, -0.15) is 0 Å². The van der Waals surface area contributed by atoms with Crippen molar-refractivity contribution in [2.24, 2.45) is 0 Å². The Morgan fingerprint density at radius 2 is 0.963 bits per heavy atom. The van der Waals surface area contributed by atoms with Crippen LogP contribution in [0.5, 0.6) is 0 Å². The largest absolute Gasteiger partial charge is 0.243 e. The molecule has 0 radical (unpaired) electrons. The van der Waals surface area contributed by atoms with E-state index in [2.05, 4.69) is 41.7 Å². The first-order chi connectivity index (χ1) is 13.4. The third-order valence-corrected chi connectivity index (χ3v) is 5.88. The summed E-state index contributed by atoms with van der Waals surface area (Å²) in [5.41, 5.74) is 0. The van der Waals surface area contributed by atoms with Crippen molar-refractivity contribution in [3.05, 3.63) is 18.7 Å². The van der Waals surface area contributed by atoms with Gasteiger partial charge in [-0.15, -0.1) is 0 Å². The van der Waals surface area contributed by atoms with E-state index in [1.165, 1.54) is 122 Å². The summed E-state index contributed by atoms with van der Waals surface area (Å²) in [4.78, 5) is 0. The average Bonchev–Trinajstić information content (AvgIpc) is 3.15. The number of aromatic nitrogens is 2. The normalized spacial score (nSPS) is 11.3. The molecule has 0 atom stereocenters. The van der Waals surface area contributed by atoms with E-state index in [9.17, 15) is 0 Å². The van der Waals surface area contributed by atoms with Crippen molar-refractivity contribution in [2.75, 3.05) is 0 Å². The monoisotopic (exact) mass is 377 g/mol. The molecule has 1 heterocycles. The summed E-state index contributed by atoms with van der Waals surface area (Å²) in [6.07, 6.45) is 32.7. The Morgan fingerprint density at radius 1 is 0.556 bits per heavy atom. The molecule has 27 heavy (non-hydrogen) atoms. The fourth-order valence-corrected chi connectivity index (χ4v) is 3.95. The van der Waals surface area contributed by atoms with Gasteiger partial charge in [0.15, 0.2) is 0 Å². The molecule has 0 saturated heterocycles. The fourth-order valence-electron chi connectivity index (χ4n) is 3.95. The summed E-state index contributed by atoms with van der Waals surface area (Å²) < 4.78 is 4.57. The Bertz CT molecular complexity index is 410. The Hall–Kier alpha value is -0.790. The van der Waals surface area contributed by atoms with Gasteiger partial charge in [0, 0.05) is 0 Å². The molecule has 0 amide bonds. The van der Waals surface area contributed by atoms with Crippen LogP contribution in [0.3, 0.4) is 0 Å². The highest BCUT2D eigenvalue weighted by Gasteiger charge is 2.01. The molecule has 0 aliphatic rings. The van der Waals surface area contributed by atoms with E-state index < -0.39 is 0 Å². The number of nitrogens with zero attached hydrogens (tertiary/aromatic N) is 2. The zero-order chi connectivity index (χ0) is 19.4. The van der Waals surface area contributed by atoms with Gasteiger partial charge in [-0.05, 0) is 19.8 Å². The lowest BCUT2D eigenvalue weighted by Gasteiger charge is -2.03. The molecule has 0 fully saturated rings. The van der Waals surface area contributed by atoms with Crippen LogP contribution in [0.25, 0.3) is 0 Å². The molecule has 1 rings (SSSR count). The minimum atomic E-state index is 1.08. The van der Waals surface area contributed by atoms with E-state index in [0.717, 1.165) is 6.54 Å². The van der Waals surface area contributed by atoms with Crippen molar-refractivity contribution >= 4 is 0 Å². The van der Waals surface area contributed by atoms with Crippen LogP contribution < -0.4 is 4.57 Å². The summed E-state index contributed by atoms with van der Waals surface area (Å²) >= 11 is 0. The first-order valence-corrected chi connectivity index (χ1v) is 12.4. The van der Waals surface area contributed by atoms with Crippen LogP contribution in [0.1, 0.15) is 129 Å². The highest BCUT2D eigenvalue weighted by molar-refractivity contribution is 4.64. The topological polar surface area (TPSA) is 8.81 Å². The molecule has 0 aromatic carbocycles. The van der Waals surface area contributed by atoms with Crippen LogP contribution in [0.15, 0.2) is 18.7 Å². The number of unbranched alkanes of at least 4 members (excludes halogenated alkanes) is 17. The molecule has 0 aliphatic carbocycles. The third-order valence-electron chi connectivity index (χ3n) is 5.88. The zero-order valence-corrected chi connectivity index (χ0v) is 18.8. The predicted octanol–water partition coefficient (Wildman–Crippen LogP) is 7.84. The molecule has 0 unspecified atom stereocenters. The average molecular weight is 378 g/mol. The maximum atomic E-state index is 2.33. The molecular formula is C25H49N2+. The maximum absolute atomic E-state index is 2.33. The molecule has 1 aromatic rings. The van der Waals surface area contributed by atoms with E-state index in [-0.39, 0.29) is 0 Å². The van der Waals surface area contributed by atoms with Gasteiger partial charge in [0.05, 0.1) is 13.1 Å². The lowest BCUT2D eigenvalue weighted by molar-refractivity contribution is -0.696. The second kappa shape index (κ2) is 18.6. The molecule has 0 N–H and O–H groups in total. The predicted molar refractivity (Wildman–Crippen MR) is 119 cm³/mol. The van der Waals surface area contributed by atoms with Gasteiger partial charge in [0.2, 0.25) is 6.33 Å². The first kappa shape index (κ1) is 24.2.